The molecule has 3 unspecified atom stereocenters. The molecular weight excluding hydrogens is 146 g/mol. The summed E-state index contributed by atoms with van der Waals surface area (Å²) in [6.45, 7) is 2.92. The molecule has 1 amide bonds. The van der Waals surface area contributed by atoms with Gasteiger partial charge in [0.15, 0.2) is 0 Å². The van der Waals surface area contributed by atoms with Crippen molar-refractivity contribution < 1.29 is 14.6 Å². The van der Waals surface area contributed by atoms with E-state index < -0.39 is 6.10 Å². The first kappa shape index (κ1) is 6.91. The molecule has 2 aliphatic rings. The molecular formula is C7H11NO3. The summed E-state index contributed by atoms with van der Waals surface area (Å²) in [6, 6.07) is -0.0856. The summed E-state index contributed by atoms with van der Waals surface area (Å²) >= 11 is 0. The third-order valence-electron chi connectivity index (χ3n) is 2.47. The summed E-state index contributed by atoms with van der Waals surface area (Å²) in [7, 11) is 0. The third kappa shape index (κ3) is 0.822. The molecule has 0 aromatic heterocycles. The molecule has 1 N–H and O–H groups in total. The van der Waals surface area contributed by atoms with Gasteiger partial charge in [0, 0.05) is 12.5 Å². The van der Waals surface area contributed by atoms with Crippen molar-refractivity contribution in [3.05, 3.63) is 0 Å². The molecule has 4 nitrogen and oxygen atoms in total. The van der Waals surface area contributed by atoms with Gasteiger partial charge in [0.1, 0.15) is 6.61 Å². The molecule has 0 aromatic rings. The van der Waals surface area contributed by atoms with Gasteiger partial charge >= 0.3 is 6.09 Å². The van der Waals surface area contributed by atoms with E-state index >= 15 is 0 Å². The normalized spacial score (nSPS) is 42.5. The number of carbonyl (C=O) groups excluding carboxylic acids is 1. The Hall–Kier alpha value is -0.770. The topological polar surface area (TPSA) is 49.8 Å². The molecule has 2 aliphatic heterocycles. The first-order valence-corrected chi connectivity index (χ1v) is 3.81. The van der Waals surface area contributed by atoms with Crippen LogP contribution in [0.2, 0.25) is 0 Å². The Morgan fingerprint density at radius 2 is 2.45 bits per heavy atom. The predicted octanol–water partition coefficient (Wildman–Crippen LogP) is -0.182. The van der Waals surface area contributed by atoms with E-state index in [1.54, 1.807) is 4.90 Å². The molecule has 0 aliphatic carbocycles. The maximum atomic E-state index is 10.9. The van der Waals surface area contributed by atoms with E-state index in [1.807, 2.05) is 6.92 Å². The van der Waals surface area contributed by atoms with Crippen LogP contribution in [0.4, 0.5) is 4.79 Å². The van der Waals surface area contributed by atoms with Crippen molar-refractivity contribution in [2.24, 2.45) is 5.92 Å². The number of amides is 1. The lowest BCUT2D eigenvalue weighted by Crippen LogP contribution is -2.32. The van der Waals surface area contributed by atoms with Gasteiger partial charge in [-0.25, -0.2) is 4.79 Å². The number of cyclic esters (lactones) is 1. The molecule has 2 heterocycles. The fourth-order valence-electron chi connectivity index (χ4n) is 1.76. The zero-order valence-corrected chi connectivity index (χ0v) is 6.36. The molecule has 0 aromatic carbocycles. The third-order valence-corrected chi connectivity index (χ3v) is 2.47. The summed E-state index contributed by atoms with van der Waals surface area (Å²) in [5.41, 5.74) is 0. The zero-order chi connectivity index (χ0) is 8.01. The van der Waals surface area contributed by atoms with Crippen molar-refractivity contribution in [2.75, 3.05) is 13.2 Å². The van der Waals surface area contributed by atoms with Crippen LogP contribution in [-0.2, 0) is 4.74 Å². The van der Waals surface area contributed by atoms with Gasteiger partial charge in [-0.1, -0.05) is 6.92 Å². The fraction of sp³-hybridized carbons (Fsp3) is 0.857. The molecule has 0 spiro atoms. The van der Waals surface area contributed by atoms with E-state index in [0.29, 0.717) is 13.2 Å². The van der Waals surface area contributed by atoms with Crippen LogP contribution in [0.1, 0.15) is 6.92 Å². The van der Waals surface area contributed by atoms with Crippen LogP contribution in [0.25, 0.3) is 0 Å². The van der Waals surface area contributed by atoms with Crippen LogP contribution < -0.4 is 0 Å². The van der Waals surface area contributed by atoms with Gasteiger partial charge in [0.05, 0.1) is 12.1 Å². The van der Waals surface area contributed by atoms with Gasteiger partial charge in [-0.15, -0.1) is 0 Å². The maximum Gasteiger partial charge on any atom is 0.410 e. The van der Waals surface area contributed by atoms with Gasteiger partial charge in [0.2, 0.25) is 0 Å². The van der Waals surface area contributed by atoms with Crippen molar-refractivity contribution >= 4 is 6.09 Å². The maximum absolute atomic E-state index is 10.9. The van der Waals surface area contributed by atoms with Crippen LogP contribution in [-0.4, -0.2) is 41.4 Å². The largest absolute Gasteiger partial charge is 0.447 e. The molecule has 62 valence electrons. The van der Waals surface area contributed by atoms with E-state index in [2.05, 4.69) is 0 Å². The van der Waals surface area contributed by atoms with E-state index in [-0.39, 0.29) is 18.1 Å². The second-order valence-corrected chi connectivity index (χ2v) is 3.26. The highest BCUT2D eigenvalue weighted by Gasteiger charge is 2.46. The quantitative estimate of drug-likeness (QED) is 0.530. The second kappa shape index (κ2) is 2.11. The Balaban J connectivity index is 2.18. The number of hydrogen-bond acceptors (Lipinski definition) is 3. The Kier molecular flexibility index (Phi) is 1.32. The molecule has 2 saturated heterocycles. The second-order valence-electron chi connectivity index (χ2n) is 3.26. The summed E-state index contributed by atoms with van der Waals surface area (Å²) in [5.74, 6) is 0.188. The van der Waals surface area contributed by atoms with E-state index in [4.69, 9.17) is 4.74 Å². The molecule has 4 heteroatoms. The molecule has 2 fully saturated rings. The average Bonchev–Trinajstić information content (AvgIpc) is 2.43. The summed E-state index contributed by atoms with van der Waals surface area (Å²) in [6.07, 6.45) is -0.681. The van der Waals surface area contributed by atoms with E-state index in [9.17, 15) is 9.90 Å². The van der Waals surface area contributed by atoms with Crippen LogP contribution >= 0.6 is 0 Å². The molecule has 0 radical (unpaired) electrons. The highest BCUT2D eigenvalue weighted by molar-refractivity contribution is 5.70. The van der Waals surface area contributed by atoms with Gasteiger partial charge in [-0.05, 0) is 0 Å². The summed E-state index contributed by atoms with van der Waals surface area (Å²) < 4.78 is 4.77. The van der Waals surface area contributed by atoms with Crippen LogP contribution in [0.3, 0.4) is 0 Å². The number of nitrogens with zero attached hydrogens (tertiary/aromatic N) is 1. The first-order valence-electron chi connectivity index (χ1n) is 3.81. The number of ether oxygens (including phenoxy) is 1. The lowest BCUT2D eigenvalue weighted by atomic mass is 10.1. The number of rotatable bonds is 0. The molecule has 2 rings (SSSR count). The van der Waals surface area contributed by atoms with Crippen LogP contribution in [0.15, 0.2) is 0 Å². The van der Waals surface area contributed by atoms with Crippen molar-refractivity contribution in [3.63, 3.8) is 0 Å². The fourth-order valence-corrected chi connectivity index (χ4v) is 1.76. The molecule has 3 atom stereocenters. The van der Waals surface area contributed by atoms with Crippen LogP contribution in [0, 0.1) is 5.92 Å². The van der Waals surface area contributed by atoms with Crippen molar-refractivity contribution in [2.45, 2.75) is 19.1 Å². The Labute approximate surface area is 64.7 Å². The minimum absolute atomic E-state index is 0.0856. The lowest BCUT2D eigenvalue weighted by Gasteiger charge is -2.11. The molecule has 11 heavy (non-hydrogen) atoms. The lowest BCUT2D eigenvalue weighted by molar-refractivity contribution is 0.104. The highest BCUT2D eigenvalue weighted by Crippen LogP contribution is 2.28. The van der Waals surface area contributed by atoms with Gasteiger partial charge in [-0.3, -0.25) is 4.90 Å². The van der Waals surface area contributed by atoms with E-state index in [1.165, 1.54) is 0 Å². The number of aliphatic hydroxyl groups is 1. The smallest absolute Gasteiger partial charge is 0.410 e. The minimum Gasteiger partial charge on any atom is -0.447 e. The van der Waals surface area contributed by atoms with Gasteiger partial charge in [-0.2, -0.15) is 0 Å². The molecule has 0 bridgehead atoms. The highest BCUT2D eigenvalue weighted by atomic mass is 16.6. The average molecular weight is 157 g/mol. The van der Waals surface area contributed by atoms with Gasteiger partial charge < -0.3 is 9.84 Å². The van der Waals surface area contributed by atoms with Crippen molar-refractivity contribution in [3.8, 4) is 0 Å². The van der Waals surface area contributed by atoms with Crippen LogP contribution in [0.5, 0.6) is 0 Å². The number of fused-ring (bicyclic) bond motifs is 1. The number of hydrogen-bond donors (Lipinski definition) is 1. The summed E-state index contributed by atoms with van der Waals surface area (Å²) in [4.78, 5) is 12.5. The number of carbonyl (C=O) groups is 1. The first-order chi connectivity index (χ1) is 5.20. The Morgan fingerprint density at radius 1 is 1.73 bits per heavy atom. The van der Waals surface area contributed by atoms with Crippen molar-refractivity contribution in [1.29, 1.82) is 0 Å². The SMILES string of the molecule is CC1CN2C(=O)OCC2C1O. The standard InChI is InChI=1S/C7H11NO3/c1-4-2-8-5(6(4)9)3-11-7(8)10/h4-6,9H,2-3H2,1H3. The zero-order valence-electron chi connectivity index (χ0n) is 6.36. The van der Waals surface area contributed by atoms with E-state index in [0.717, 1.165) is 0 Å². The Morgan fingerprint density at radius 3 is 3.09 bits per heavy atom. The Bertz CT molecular complexity index is 194. The van der Waals surface area contributed by atoms with Gasteiger partial charge in [0.25, 0.3) is 0 Å². The number of aliphatic hydroxyl groups excluding tert-OH is 1. The monoisotopic (exact) mass is 157 g/mol. The minimum atomic E-state index is -0.401. The summed E-state index contributed by atoms with van der Waals surface area (Å²) in [5, 5.41) is 9.51. The predicted molar refractivity (Wildman–Crippen MR) is 37.0 cm³/mol. The molecule has 0 saturated carbocycles. The van der Waals surface area contributed by atoms with Crippen molar-refractivity contribution in [1.82, 2.24) is 4.90 Å².